The van der Waals surface area contributed by atoms with E-state index in [2.05, 4.69) is 15.0 Å². The van der Waals surface area contributed by atoms with E-state index in [-0.39, 0.29) is 22.8 Å². The van der Waals surface area contributed by atoms with Crippen molar-refractivity contribution in [1.29, 1.82) is 0 Å². The highest BCUT2D eigenvalue weighted by atomic mass is 32.1. The topological polar surface area (TPSA) is 38.7 Å². The Bertz CT molecular complexity index is 1790. The Labute approximate surface area is 246 Å². The number of halogens is 6. The molecule has 0 saturated heterocycles. The summed E-state index contributed by atoms with van der Waals surface area (Å²) in [6.07, 6.45) is -9.09. The Morgan fingerprint density at radius 1 is 0.442 bits per heavy atom. The highest BCUT2D eigenvalue weighted by Gasteiger charge is 2.34. The first-order valence-corrected chi connectivity index (χ1v) is 13.8. The third kappa shape index (κ3) is 5.91. The maximum absolute atomic E-state index is 13.8. The molecule has 214 valence electrons. The molecule has 0 aliphatic heterocycles. The molecular weight excluding hydrogens is 584 g/mol. The van der Waals surface area contributed by atoms with E-state index in [1.165, 1.54) is 47.7 Å². The summed E-state index contributed by atoms with van der Waals surface area (Å²) in [7, 11) is 0. The molecule has 2 aromatic heterocycles. The van der Waals surface area contributed by atoms with Crippen LogP contribution in [-0.2, 0) is 12.4 Å². The fourth-order valence-electron chi connectivity index (χ4n) is 4.77. The lowest BCUT2D eigenvalue weighted by Gasteiger charge is -2.14. The van der Waals surface area contributed by atoms with Crippen LogP contribution in [0.25, 0.3) is 55.7 Å². The number of thiophene rings is 1. The zero-order valence-corrected chi connectivity index (χ0v) is 22.8. The highest BCUT2D eigenvalue weighted by molar-refractivity contribution is 7.13. The van der Waals surface area contributed by atoms with Crippen LogP contribution in [-0.4, -0.2) is 15.0 Å². The number of benzene rings is 4. The molecule has 0 amide bonds. The van der Waals surface area contributed by atoms with E-state index >= 15 is 0 Å². The second-order valence-electron chi connectivity index (χ2n) is 9.53. The minimum Gasteiger partial charge on any atom is -0.208 e. The molecule has 0 atom stereocenters. The summed E-state index contributed by atoms with van der Waals surface area (Å²) in [5.41, 5.74) is 0.0642. The van der Waals surface area contributed by atoms with Crippen molar-refractivity contribution in [3.63, 3.8) is 0 Å². The lowest BCUT2D eigenvalue weighted by atomic mass is 9.97. The zero-order valence-electron chi connectivity index (χ0n) is 22.0. The van der Waals surface area contributed by atoms with Crippen molar-refractivity contribution in [2.45, 2.75) is 12.4 Å². The molecule has 4 aromatic carbocycles. The molecule has 0 N–H and O–H groups in total. The summed E-state index contributed by atoms with van der Waals surface area (Å²) in [5.74, 6) is 0.749. The summed E-state index contributed by atoms with van der Waals surface area (Å²) in [4.78, 5) is 14.6. The standard InChI is InChI=1S/C33H19F6N3S/c34-32(35,36)26-14-3-1-12-24(26)20-8-5-10-22(18-20)29-40-30(42-31(41-29)28-16-7-17-43-28)23-11-6-9-21(19-23)25-13-2-4-15-27(25)33(37,38)39/h1-19H. The Morgan fingerprint density at radius 3 is 1.33 bits per heavy atom. The number of rotatable bonds is 5. The van der Waals surface area contributed by atoms with Gasteiger partial charge in [0.1, 0.15) is 0 Å². The third-order valence-electron chi connectivity index (χ3n) is 6.71. The SMILES string of the molecule is FC(F)(F)c1ccccc1-c1cccc(-c2nc(-c3cccc(-c4ccccc4C(F)(F)F)c3)nc(-c3cccs3)n2)c1. The van der Waals surface area contributed by atoms with Gasteiger partial charge in [-0.15, -0.1) is 11.3 Å². The number of nitrogens with zero attached hydrogens (tertiary/aromatic N) is 3. The molecule has 0 saturated carbocycles. The van der Waals surface area contributed by atoms with Gasteiger partial charge in [-0.1, -0.05) is 78.9 Å². The Balaban J connectivity index is 1.49. The van der Waals surface area contributed by atoms with Crippen molar-refractivity contribution in [2.24, 2.45) is 0 Å². The minimum absolute atomic E-state index is 0.0145. The minimum atomic E-state index is -4.55. The van der Waals surface area contributed by atoms with E-state index < -0.39 is 23.5 Å². The highest BCUT2D eigenvalue weighted by Crippen LogP contribution is 2.39. The van der Waals surface area contributed by atoms with Crippen LogP contribution in [0.1, 0.15) is 11.1 Å². The van der Waals surface area contributed by atoms with E-state index in [4.69, 9.17) is 0 Å². The van der Waals surface area contributed by atoms with Crippen LogP contribution < -0.4 is 0 Å². The third-order valence-corrected chi connectivity index (χ3v) is 7.57. The zero-order chi connectivity index (χ0) is 30.2. The second kappa shape index (κ2) is 11.1. The van der Waals surface area contributed by atoms with Crippen LogP contribution in [0, 0.1) is 0 Å². The predicted molar refractivity (Wildman–Crippen MR) is 155 cm³/mol. The van der Waals surface area contributed by atoms with E-state index in [1.54, 1.807) is 48.5 Å². The molecule has 43 heavy (non-hydrogen) atoms. The second-order valence-corrected chi connectivity index (χ2v) is 10.5. The number of hydrogen-bond acceptors (Lipinski definition) is 4. The van der Waals surface area contributed by atoms with Crippen molar-refractivity contribution < 1.29 is 26.3 Å². The molecule has 6 rings (SSSR count). The number of aromatic nitrogens is 3. The molecule has 2 heterocycles. The van der Waals surface area contributed by atoms with Gasteiger partial charge in [0.25, 0.3) is 0 Å². The molecule has 0 aliphatic carbocycles. The Hall–Kier alpha value is -4.83. The van der Waals surface area contributed by atoms with Gasteiger partial charge in [-0.3, -0.25) is 0 Å². The average molecular weight is 604 g/mol. The maximum atomic E-state index is 13.8. The van der Waals surface area contributed by atoms with Gasteiger partial charge in [-0.25, -0.2) is 15.0 Å². The lowest BCUT2D eigenvalue weighted by molar-refractivity contribution is -0.137. The van der Waals surface area contributed by atoms with Gasteiger partial charge in [-0.05, 0) is 58.0 Å². The summed E-state index contributed by atoms with van der Waals surface area (Å²) in [6, 6.07) is 27.2. The number of alkyl halides is 6. The summed E-state index contributed by atoms with van der Waals surface area (Å²) in [6.45, 7) is 0. The molecule has 3 nitrogen and oxygen atoms in total. The van der Waals surface area contributed by atoms with Gasteiger partial charge >= 0.3 is 12.4 Å². The largest absolute Gasteiger partial charge is 0.417 e. The monoisotopic (exact) mass is 603 g/mol. The van der Waals surface area contributed by atoms with Gasteiger partial charge < -0.3 is 0 Å². The van der Waals surface area contributed by atoms with E-state index in [9.17, 15) is 26.3 Å². The van der Waals surface area contributed by atoms with E-state index in [1.807, 2.05) is 17.5 Å². The summed E-state index contributed by atoms with van der Waals surface area (Å²) >= 11 is 1.39. The maximum Gasteiger partial charge on any atom is 0.417 e. The molecular formula is C33H19F6N3S. The van der Waals surface area contributed by atoms with Crippen molar-refractivity contribution in [3.05, 3.63) is 126 Å². The molecule has 0 spiro atoms. The van der Waals surface area contributed by atoms with Gasteiger partial charge in [0.15, 0.2) is 17.5 Å². The first-order chi connectivity index (χ1) is 20.6. The first-order valence-electron chi connectivity index (χ1n) is 12.9. The fourth-order valence-corrected chi connectivity index (χ4v) is 5.42. The van der Waals surface area contributed by atoms with Crippen LogP contribution in [0.5, 0.6) is 0 Å². The Kier molecular flexibility index (Phi) is 7.31. The van der Waals surface area contributed by atoms with Crippen LogP contribution in [0.15, 0.2) is 115 Å². The molecule has 10 heteroatoms. The Morgan fingerprint density at radius 2 is 0.884 bits per heavy atom. The van der Waals surface area contributed by atoms with Gasteiger partial charge in [-0.2, -0.15) is 26.3 Å². The normalized spacial score (nSPS) is 12.0. The van der Waals surface area contributed by atoms with Crippen molar-refractivity contribution in [1.82, 2.24) is 15.0 Å². The van der Waals surface area contributed by atoms with Crippen molar-refractivity contribution in [2.75, 3.05) is 0 Å². The molecule has 0 unspecified atom stereocenters. The molecule has 0 bridgehead atoms. The van der Waals surface area contributed by atoms with E-state index in [0.29, 0.717) is 28.1 Å². The smallest absolute Gasteiger partial charge is 0.208 e. The first kappa shape index (κ1) is 28.3. The summed E-state index contributed by atoms with van der Waals surface area (Å²) in [5, 5.41) is 1.85. The quantitative estimate of drug-likeness (QED) is 0.184. The van der Waals surface area contributed by atoms with Crippen LogP contribution >= 0.6 is 11.3 Å². The van der Waals surface area contributed by atoms with Crippen molar-refractivity contribution in [3.8, 4) is 55.7 Å². The molecule has 0 radical (unpaired) electrons. The lowest BCUT2D eigenvalue weighted by Crippen LogP contribution is -2.07. The number of hydrogen-bond donors (Lipinski definition) is 0. The molecule has 6 aromatic rings. The van der Waals surface area contributed by atoms with Crippen LogP contribution in [0.2, 0.25) is 0 Å². The van der Waals surface area contributed by atoms with Gasteiger partial charge in [0.2, 0.25) is 0 Å². The van der Waals surface area contributed by atoms with E-state index in [0.717, 1.165) is 17.0 Å². The van der Waals surface area contributed by atoms with Crippen molar-refractivity contribution >= 4 is 11.3 Å². The molecule has 0 aliphatic rings. The average Bonchev–Trinajstić information content (AvgIpc) is 3.56. The van der Waals surface area contributed by atoms with Gasteiger partial charge in [0, 0.05) is 11.1 Å². The van der Waals surface area contributed by atoms with Crippen LogP contribution in [0.3, 0.4) is 0 Å². The predicted octanol–water partition coefficient (Wildman–Crippen LogP) is 10.3. The molecule has 0 fully saturated rings. The summed E-state index contributed by atoms with van der Waals surface area (Å²) < 4.78 is 82.6. The fraction of sp³-hybridized carbons (Fsp3) is 0.0606. The van der Waals surface area contributed by atoms with Crippen LogP contribution in [0.4, 0.5) is 26.3 Å². The van der Waals surface area contributed by atoms with Gasteiger partial charge in [0.05, 0.1) is 16.0 Å².